The smallest absolute Gasteiger partial charge is 0.319 e. The fourth-order valence-corrected chi connectivity index (χ4v) is 1.98. The minimum Gasteiger partial charge on any atom is -0.392 e. The molecule has 0 unspecified atom stereocenters. The molecule has 0 spiro atoms. The molecule has 2 aromatic rings. The highest BCUT2D eigenvalue weighted by molar-refractivity contribution is 5.76. The number of rotatable bonds is 5. The Morgan fingerprint density at radius 2 is 1.77 bits per heavy atom. The largest absolute Gasteiger partial charge is 0.392 e. The summed E-state index contributed by atoms with van der Waals surface area (Å²) in [6.45, 7) is 2.49. The minimum atomic E-state index is -0.254. The van der Waals surface area contributed by atoms with Crippen LogP contribution >= 0.6 is 0 Å². The average molecular weight is 296 g/mol. The van der Waals surface area contributed by atoms with Crippen LogP contribution in [0.2, 0.25) is 0 Å². The first-order chi connectivity index (χ1) is 10.7. The van der Waals surface area contributed by atoms with Crippen LogP contribution < -0.4 is 10.6 Å². The normalized spacial score (nSPS) is 10.6. The third-order valence-electron chi connectivity index (χ3n) is 3.32. The first kappa shape index (κ1) is 15.8. The highest BCUT2D eigenvalue weighted by Crippen LogP contribution is 2.08. The topological polar surface area (TPSA) is 61.4 Å². The molecule has 0 heterocycles. The summed E-state index contributed by atoms with van der Waals surface area (Å²) in [7, 11) is 0. The molecule has 3 N–H and O–H groups in total. The average Bonchev–Trinajstić information content (AvgIpc) is 2.55. The number of nitrogens with one attached hydrogen (secondary N) is 2. The molecule has 0 aliphatic heterocycles. The second-order valence-electron chi connectivity index (χ2n) is 4.99. The van der Waals surface area contributed by atoms with Crippen molar-refractivity contribution in [2.24, 2.45) is 0 Å². The van der Waals surface area contributed by atoms with Gasteiger partial charge in [0.15, 0.2) is 0 Å². The molecule has 4 heteroatoms. The van der Waals surface area contributed by atoms with Crippen LogP contribution in [0, 0.1) is 6.92 Å². The number of aliphatic hydroxyl groups excluding tert-OH is 1. The van der Waals surface area contributed by atoms with E-state index in [1.54, 1.807) is 6.20 Å². The zero-order valence-corrected chi connectivity index (χ0v) is 12.5. The van der Waals surface area contributed by atoms with Crippen LogP contribution in [0.25, 0.3) is 6.08 Å². The quantitative estimate of drug-likeness (QED) is 0.794. The van der Waals surface area contributed by atoms with E-state index in [0.717, 1.165) is 22.3 Å². The molecule has 0 aromatic heterocycles. The van der Waals surface area contributed by atoms with E-state index >= 15 is 0 Å². The van der Waals surface area contributed by atoms with Gasteiger partial charge in [-0.2, -0.15) is 0 Å². The molecular weight excluding hydrogens is 276 g/mol. The van der Waals surface area contributed by atoms with E-state index in [4.69, 9.17) is 5.11 Å². The number of carbonyl (C=O) groups is 1. The van der Waals surface area contributed by atoms with E-state index in [-0.39, 0.29) is 12.6 Å². The monoisotopic (exact) mass is 296 g/mol. The second kappa shape index (κ2) is 8.00. The Hall–Kier alpha value is -2.59. The van der Waals surface area contributed by atoms with Gasteiger partial charge in [-0.25, -0.2) is 4.79 Å². The maximum atomic E-state index is 11.7. The van der Waals surface area contributed by atoms with Crippen LogP contribution in [0.4, 0.5) is 4.79 Å². The molecule has 0 atom stereocenters. The molecule has 0 saturated carbocycles. The Balaban J connectivity index is 1.79. The fourth-order valence-electron chi connectivity index (χ4n) is 1.98. The molecule has 0 aliphatic carbocycles. The number of benzene rings is 2. The van der Waals surface area contributed by atoms with Gasteiger partial charge in [0, 0.05) is 12.7 Å². The zero-order valence-electron chi connectivity index (χ0n) is 12.5. The van der Waals surface area contributed by atoms with E-state index in [0.29, 0.717) is 6.54 Å². The molecule has 2 rings (SSSR count). The lowest BCUT2D eigenvalue weighted by Gasteiger charge is -2.06. The van der Waals surface area contributed by atoms with Crippen LogP contribution in [0.5, 0.6) is 0 Å². The molecule has 2 aromatic carbocycles. The highest BCUT2D eigenvalue weighted by Gasteiger charge is 1.98. The van der Waals surface area contributed by atoms with Crippen LogP contribution in [0.1, 0.15) is 22.3 Å². The van der Waals surface area contributed by atoms with Crippen molar-refractivity contribution < 1.29 is 9.90 Å². The lowest BCUT2D eigenvalue weighted by Crippen LogP contribution is -2.31. The summed E-state index contributed by atoms with van der Waals surface area (Å²) in [6, 6.07) is 15.2. The van der Waals surface area contributed by atoms with Gasteiger partial charge in [0.25, 0.3) is 0 Å². The summed E-state index contributed by atoms with van der Waals surface area (Å²) >= 11 is 0. The zero-order chi connectivity index (χ0) is 15.8. The summed E-state index contributed by atoms with van der Waals surface area (Å²) in [5.74, 6) is 0. The van der Waals surface area contributed by atoms with Crippen LogP contribution in [-0.2, 0) is 13.2 Å². The lowest BCUT2D eigenvalue weighted by atomic mass is 10.1. The number of hydrogen-bond acceptors (Lipinski definition) is 2. The predicted molar refractivity (Wildman–Crippen MR) is 87.9 cm³/mol. The first-order valence-electron chi connectivity index (χ1n) is 7.14. The summed E-state index contributed by atoms with van der Waals surface area (Å²) in [6.07, 6.45) is 3.50. The molecule has 4 nitrogen and oxygen atoms in total. The molecule has 22 heavy (non-hydrogen) atoms. The summed E-state index contributed by atoms with van der Waals surface area (Å²) in [5, 5.41) is 14.4. The third-order valence-corrected chi connectivity index (χ3v) is 3.32. The van der Waals surface area contributed by atoms with Crippen molar-refractivity contribution in [3.63, 3.8) is 0 Å². The van der Waals surface area contributed by atoms with Gasteiger partial charge in [-0.15, -0.1) is 0 Å². The predicted octanol–water partition coefficient (Wildman–Crippen LogP) is 2.96. The van der Waals surface area contributed by atoms with Gasteiger partial charge in [-0.05, 0) is 35.3 Å². The Kier molecular flexibility index (Phi) is 5.74. The van der Waals surface area contributed by atoms with Gasteiger partial charge >= 0.3 is 6.03 Å². The van der Waals surface area contributed by atoms with Gasteiger partial charge in [0.1, 0.15) is 0 Å². The molecule has 2 amide bonds. The maximum Gasteiger partial charge on any atom is 0.319 e. The Morgan fingerprint density at radius 3 is 2.45 bits per heavy atom. The Morgan fingerprint density at radius 1 is 1.09 bits per heavy atom. The number of aryl methyl sites for hydroxylation is 1. The van der Waals surface area contributed by atoms with Gasteiger partial charge < -0.3 is 15.7 Å². The molecular formula is C18H20N2O2. The van der Waals surface area contributed by atoms with E-state index in [2.05, 4.69) is 10.6 Å². The molecule has 114 valence electrons. The van der Waals surface area contributed by atoms with Crippen molar-refractivity contribution in [2.45, 2.75) is 20.1 Å². The van der Waals surface area contributed by atoms with Crippen molar-refractivity contribution in [2.75, 3.05) is 0 Å². The summed E-state index contributed by atoms with van der Waals surface area (Å²) in [4.78, 5) is 11.7. The number of aliphatic hydroxyl groups is 1. The maximum absolute atomic E-state index is 11.7. The number of carbonyl (C=O) groups excluding carboxylic acids is 1. The highest BCUT2D eigenvalue weighted by atomic mass is 16.3. The molecule has 0 aliphatic rings. The van der Waals surface area contributed by atoms with Crippen LogP contribution in [0.3, 0.4) is 0 Å². The third kappa shape index (κ3) is 4.75. The SMILES string of the molecule is Cc1ccccc1/C=C/NC(=O)NCc1ccc(CO)cc1. The standard InChI is InChI=1S/C18H20N2O2/c1-14-4-2-3-5-17(14)10-11-19-18(22)20-12-15-6-8-16(13-21)9-7-15/h2-11,21H,12-13H2,1H3,(H2,19,20,22)/b11-10+. The minimum absolute atomic E-state index is 0.0257. The second-order valence-corrected chi connectivity index (χ2v) is 4.99. The van der Waals surface area contributed by atoms with Gasteiger partial charge in [-0.3, -0.25) is 0 Å². The van der Waals surface area contributed by atoms with Crippen LogP contribution in [0.15, 0.2) is 54.7 Å². The van der Waals surface area contributed by atoms with Crippen molar-refractivity contribution in [1.29, 1.82) is 0 Å². The van der Waals surface area contributed by atoms with Crippen LogP contribution in [-0.4, -0.2) is 11.1 Å². The fraction of sp³-hybridized carbons (Fsp3) is 0.167. The molecule has 0 bridgehead atoms. The Bertz CT molecular complexity index is 648. The number of urea groups is 1. The lowest BCUT2D eigenvalue weighted by molar-refractivity contribution is 0.244. The molecule has 0 saturated heterocycles. The van der Waals surface area contributed by atoms with Gasteiger partial charge in [0.05, 0.1) is 6.61 Å². The number of hydrogen-bond donors (Lipinski definition) is 3. The first-order valence-corrected chi connectivity index (χ1v) is 7.14. The number of amides is 2. The van der Waals surface area contributed by atoms with E-state index in [1.807, 2.05) is 61.5 Å². The molecule has 0 radical (unpaired) electrons. The summed E-state index contributed by atoms with van der Waals surface area (Å²) < 4.78 is 0. The van der Waals surface area contributed by atoms with E-state index in [9.17, 15) is 4.79 Å². The summed E-state index contributed by atoms with van der Waals surface area (Å²) in [5.41, 5.74) is 4.07. The van der Waals surface area contributed by atoms with Gasteiger partial charge in [-0.1, -0.05) is 48.5 Å². The van der Waals surface area contributed by atoms with Crippen molar-refractivity contribution >= 4 is 12.1 Å². The van der Waals surface area contributed by atoms with Gasteiger partial charge in [0.2, 0.25) is 0 Å². The van der Waals surface area contributed by atoms with E-state index in [1.165, 1.54) is 0 Å². The Labute approximate surface area is 130 Å². The molecule has 0 fully saturated rings. The van der Waals surface area contributed by atoms with Crippen molar-refractivity contribution in [1.82, 2.24) is 10.6 Å². The van der Waals surface area contributed by atoms with Crippen molar-refractivity contribution in [3.05, 3.63) is 77.0 Å². The van der Waals surface area contributed by atoms with Crippen molar-refractivity contribution in [3.8, 4) is 0 Å². The van der Waals surface area contributed by atoms with E-state index < -0.39 is 0 Å².